The van der Waals surface area contributed by atoms with Gasteiger partial charge in [0.1, 0.15) is 12.4 Å². The van der Waals surface area contributed by atoms with Crippen LogP contribution in [0.2, 0.25) is 10.0 Å². The summed E-state index contributed by atoms with van der Waals surface area (Å²) < 4.78 is 6.97. The Morgan fingerprint density at radius 2 is 1.77 bits per heavy atom. The molecule has 3 aromatic carbocycles. The number of halogens is 3. The van der Waals surface area contributed by atoms with Crippen molar-refractivity contribution in [3.63, 3.8) is 0 Å². The van der Waals surface area contributed by atoms with Crippen LogP contribution in [0, 0.1) is 10.1 Å². The van der Waals surface area contributed by atoms with E-state index in [1.807, 2.05) is 42.5 Å². The van der Waals surface area contributed by atoms with Crippen LogP contribution in [0.15, 0.2) is 65.1 Å². The number of nitro groups is 1. The molecule has 0 amide bonds. The summed E-state index contributed by atoms with van der Waals surface area (Å²) in [6.45, 7) is 2.33. The molecule has 0 heterocycles. The van der Waals surface area contributed by atoms with Crippen LogP contribution < -0.4 is 15.4 Å². The average Bonchev–Trinajstić information content (AvgIpc) is 2.75. The summed E-state index contributed by atoms with van der Waals surface area (Å²) in [5.74, 6) is 0.803. The van der Waals surface area contributed by atoms with Gasteiger partial charge < -0.3 is 15.4 Å². The third kappa shape index (κ3) is 7.11. The highest BCUT2D eigenvalue weighted by Gasteiger charge is 2.09. The summed E-state index contributed by atoms with van der Waals surface area (Å²) in [4.78, 5) is 10.3. The normalized spacial score (nSPS) is 10.7. The maximum absolute atomic E-state index is 10.8. The second-order valence-electron chi connectivity index (χ2n) is 6.69. The average molecular weight is 525 g/mol. The minimum Gasteiger partial charge on any atom is -0.489 e. The molecule has 162 valence electrons. The van der Waals surface area contributed by atoms with Gasteiger partial charge in [0, 0.05) is 46.8 Å². The van der Waals surface area contributed by atoms with Crippen molar-refractivity contribution in [2.24, 2.45) is 0 Å². The van der Waals surface area contributed by atoms with E-state index >= 15 is 0 Å². The predicted molar refractivity (Wildman–Crippen MR) is 128 cm³/mol. The Kier molecular flexibility index (Phi) is 8.54. The Bertz CT molecular complexity index is 1050. The molecule has 0 spiro atoms. The van der Waals surface area contributed by atoms with Crippen LogP contribution in [-0.4, -0.2) is 18.0 Å². The van der Waals surface area contributed by atoms with Crippen LogP contribution in [0.5, 0.6) is 5.75 Å². The van der Waals surface area contributed by atoms with Gasteiger partial charge in [-0.05, 0) is 42.0 Å². The molecule has 3 rings (SSSR count). The molecule has 0 bridgehead atoms. The summed E-state index contributed by atoms with van der Waals surface area (Å²) in [7, 11) is 0. The van der Waals surface area contributed by atoms with Gasteiger partial charge in [0.25, 0.3) is 5.69 Å². The van der Waals surface area contributed by atoms with E-state index in [4.69, 9.17) is 27.9 Å². The lowest BCUT2D eigenvalue weighted by Gasteiger charge is -2.14. The van der Waals surface area contributed by atoms with Gasteiger partial charge in [0.2, 0.25) is 0 Å². The molecule has 2 N–H and O–H groups in total. The number of hydrogen-bond donors (Lipinski definition) is 2. The van der Waals surface area contributed by atoms with E-state index in [9.17, 15) is 10.1 Å². The molecular weight excluding hydrogens is 505 g/mol. The summed E-state index contributed by atoms with van der Waals surface area (Å²) >= 11 is 15.5. The highest BCUT2D eigenvalue weighted by molar-refractivity contribution is 9.10. The largest absolute Gasteiger partial charge is 0.489 e. The van der Waals surface area contributed by atoms with Gasteiger partial charge in [-0.3, -0.25) is 10.1 Å². The van der Waals surface area contributed by atoms with Gasteiger partial charge in [-0.15, -0.1) is 0 Å². The molecule has 0 unspecified atom stereocenters. The highest BCUT2D eigenvalue weighted by Crippen LogP contribution is 2.27. The lowest BCUT2D eigenvalue weighted by Crippen LogP contribution is -2.22. The molecule has 3 aromatic rings. The van der Waals surface area contributed by atoms with Gasteiger partial charge >= 0.3 is 0 Å². The summed E-state index contributed by atoms with van der Waals surface area (Å²) in [6, 6.07) is 17.8. The smallest absolute Gasteiger partial charge is 0.271 e. The van der Waals surface area contributed by atoms with E-state index in [1.165, 1.54) is 12.1 Å². The third-order valence-electron chi connectivity index (χ3n) is 4.43. The monoisotopic (exact) mass is 523 g/mol. The molecule has 0 saturated carbocycles. The van der Waals surface area contributed by atoms with E-state index in [2.05, 4.69) is 26.6 Å². The summed E-state index contributed by atoms with van der Waals surface area (Å²) in [5, 5.41) is 18.3. The van der Waals surface area contributed by atoms with Crippen molar-refractivity contribution in [3.05, 3.63) is 96.4 Å². The zero-order valence-electron chi connectivity index (χ0n) is 16.4. The van der Waals surface area contributed by atoms with E-state index < -0.39 is 4.92 Å². The molecule has 0 aromatic heterocycles. The van der Waals surface area contributed by atoms with E-state index in [-0.39, 0.29) is 5.69 Å². The first-order valence-corrected chi connectivity index (χ1v) is 11.0. The van der Waals surface area contributed by atoms with Crippen molar-refractivity contribution >= 4 is 50.5 Å². The Morgan fingerprint density at radius 3 is 2.48 bits per heavy atom. The quantitative estimate of drug-likeness (QED) is 0.181. The Balaban J connectivity index is 1.50. The first-order valence-electron chi connectivity index (χ1n) is 9.46. The van der Waals surface area contributed by atoms with Gasteiger partial charge in [-0.25, -0.2) is 0 Å². The number of rotatable bonds is 10. The van der Waals surface area contributed by atoms with Crippen LogP contribution in [0.4, 0.5) is 11.4 Å². The fraction of sp³-hybridized carbons (Fsp3) is 0.182. The molecule has 0 fully saturated rings. The molecule has 9 heteroatoms. The molecule has 0 radical (unpaired) electrons. The summed E-state index contributed by atoms with van der Waals surface area (Å²) in [6.07, 6.45) is 0. The van der Waals surface area contributed by atoms with Crippen molar-refractivity contribution in [1.29, 1.82) is 0 Å². The summed E-state index contributed by atoms with van der Waals surface area (Å²) in [5.41, 5.74) is 2.69. The van der Waals surface area contributed by atoms with Crippen molar-refractivity contribution in [2.45, 2.75) is 13.2 Å². The van der Waals surface area contributed by atoms with E-state index in [0.29, 0.717) is 42.0 Å². The van der Waals surface area contributed by atoms with Crippen molar-refractivity contribution < 1.29 is 9.66 Å². The topological polar surface area (TPSA) is 76.4 Å². The Labute approximate surface area is 198 Å². The number of ether oxygens (including phenoxy) is 1. The fourth-order valence-electron chi connectivity index (χ4n) is 2.84. The second-order valence-corrected chi connectivity index (χ2v) is 8.45. The van der Waals surface area contributed by atoms with Crippen molar-refractivity contribution in [3.8, 4) is 5.75 Å². The first kappa shape index (κ1) is 23.3. The number of hydrogen-bond acceptors (Lipinski definition) is 5. The minimum absolute atomic E-state index is 0.0329. The Morgan fingerprint density at radius 1 is 1.00 bits per heavy atom. The molecular formula is C22H20BrCl2N3O3. The van der Waals surface area contributed by atoms with Crippen LogP contribution in [0.1, 0.15) is 11.1 Å². The molecule has 0 saturated heterocycles. The fourth-order valence-corrected chi connectivity index (χ4v) is 3.61. The molecule has 31 heavy (non-hydrogen) atoms. The number of non-ortho nitro benzene ring substituents is 1. The lowest BCUT2D eigenvalue weighted by atomic mass is 10.2. The molecule has 0 aliphatic carbocycles. The maximum Gasteiger partial charge on any atom is 0.271 e. The minimum atomic E-state index is -0.470. The lowest BCUT2D eigenvalue weighted by molar-refractivity contribution is -0.384. The van der Waals surface area contributed by atoms with Gasteiger partial charge in [-0.2, -0.15) is 0 Å². The SMILES string of the molecule is O=[N+]([O-])c1ccc(NCCNCc2cc(Br)ccc2OCc2ccc(Cl)cc2)c(Cl)c1. The molecule has 0 aliphatic rings. The number of benzene rings is 3. The maximum atomic E-state index is 10.8. The predicted octanol–water partition coefficient (Wildman–Crippen LogP) is 6.44. The molecule has 6 nitrogen and oxygen atoms in total. The molecule has 0 aliphatic heterocycles. The number of nitrogens with zero attached hydrogens (tertiary/aromatic N) is 1. The van der Waals surface area contributed by atoms with Gasteiger partial charge in [0.05, 0.1) is 15.6 Å². The van der Waals surface area contributed by atoms with E-state index in [0.717, 1.165) is 21.3 Å². The number of anilines is 1. The van der Waals surface area contributed by atoms with Crippen LogP contribution in [0.25, 0.3) is 0 Å². The van der Waals surface area contributed by atoms with Crippen LogP contribution >= 0.6 is 39.1 Å². The van der Waals surface area contributed by atoms with Crippen LogP contribution in [0.3, 0.4) is 0 Å². The molecule has 0 atom stereocenters. The second kappa shape index (κ2) is 11.3. The van der Waals surface area contributed by atoms with Gasteiger partial charge in [-0.1, -0.05) is 51.3 Å². The van der Waals surface area contributed by atoms with Gasteiger partial charge in [0.15, 0.2) is 0 Å². The first-order chi connectivity index (χ1) is 14.9. The standard InChI is InChI=1S/C22H20BrCl2N3O3/c23-17-3-8-22(31-14-15-1-4-18(24)5-2-15)16(11-17)13-26-9-10-27-21-7-6-19(28(29)30)12-20(21)25/h1-8,11-12,26-27H,9-10,13-14H2. The zero-order chi connectivity index (χ0) is 22.2. The number of nitro benzene ring substituents is 1. The highest BCUT2D eigenvalue weighted by atomic mass is 79.9. The van der Waals surface area contributed by atoms with Crippen molar-refractivity contribution in [2.75, 3.05) is 18.4 Å². The van der Waals surface area contributed by atoms with E-state index in [1.54, 1.807) is 6.07 Å². The van der Waals surface area contributed by atoms with Crippen molar-refractivity contribution in [1.82, 2.24) is 5.32 Å². The number of nitrogens with one attached hydrogen (secondary N) is 2. The Hall–Kier alpha value is -2.32. The third-order valence-corrected chi connectivity index (χ3v) is 5.48. The zero-order valence-corrected chi connectivity index (χ0v) is 19.5. The van der Waals surface area contributed by atoms with Crippen LogP contribution in [-0.2, 0) is 13.2 Å².